The topological polar surface area (TPSA) is 12.4 Å². The van der Waals surface area contributed by atoms with E-state index in [1.54, 1.807) is 0 Å². The second kappa shape index (κ2) is 8.67. The van der Waals surface area contributed by atoms with Gasteiger partial charge in [0.05, 0.1) is 6.04 Å². The SMILES string of the molecule is CCCC(=NC(CCC)c1ccc(C)cc1)c1ccc(C)cc1. The lowest BCUT2D eigenvalue weighted by atomic mass is 9.99. The van der Waals surface area contributed by atoms with Crippen LogP contribution < -0.4 is 0 Å². The Bertz CT molecular complexity index is 620. The molecule has 0 aliphatic rings. The van der Waals surface area contributed by atoms with Gasteiger partial charge in [-0.25, -0.2) is 0 Å². The van der Waals surface area contributed by atoms with Gasteiger partial charge in [0.15, 0.2) is 0 Å². The van der Waals surface area contributed by atoms with E-state index in [2.05, 4.69) is 76.2 Å². The number of hydrogen-bond acceptors (Lipinski definition) is 1. The Kier molecular flexibility index (Phi) is 6.58. The molecule has 2 aromatic carbocycles. The van der Waals surface area contributed by atoms with Crippen LogP contribution in [0.2, 0.25) is 0 Å². The van der Waals surface area contributed by atoms with Crippen LogP contribution in [0.15, 0.2) is 53.5 Å². The largest absolute Gasteiger partial charge is 0.281 e. The number of aliphatic imine (C=N–C) groups is 1. The molecular weight excluding hydrogens is 278 g/mol. The standard InChI is InChI=1S/C22H29N/c1-5-7-21(19-13-9-17(3)10-14-19)23-22(8-6-2)20-15-11-18(4)12-16-20/h9-16,21H,5-8H2,1-4H3. The van der Waals surface area contributed by atoms with Crippen molar-refractivity contribution >= 4 is 5.71 Å². The number of rotatable bonds is 7. The summed E-state index contributed by atoms with van der Waals surface area (Å²) in [5, 5.41) is 0. The van der Waals surface area contributed by atoms with Gasteiger partial charge in [-0.2, -0.15) is 0 Å². The van der Waals surface area contributed by atoms with Crippen LogP contribution in [0.3, 0.4) is 0 Å². The number of nitrogens with zero attached hydrogens (tertiary/aromatic N) is 1. The molecule has 1 atom stereocenters. The summed E-state index contributed by atoms with van der Waals surface area (Å²) in [5.74, 6) is 0. The molecule has 0 fully saturated rings. The second-order valence-corrected chi connectivity index (χ2v) is 6.41. The Morgan fingerprint density at radius 1 is 0.826 bits per heavy atom. The number of benzene rings is 2. The third-order valence-corrected chi connectivity index (χ3v) is 4.21. The highest BCUT2D eigenvalue weighted by Crippen LogP contribution is 2.25. The molecule has 0 saturated heterocycles. The molecule has 0 spiro atoms. The van der Waals surface area contributed by atoms with E-state index in [1.807, 2.05) is 0 Å². The highest BCUT2D eigenvalue weighted by molar-refractivity contribution is 6.00. The molecule has 2 rings (SSSR count). The van der Waals surface area contributed by atoms with Crippen molar-refractivity contribution in [2.45, 2.75) is 59.4 Å². The predicted molar refractivity (Wildman–Crippen MR) is 101 cm³/mol. The zero-order valence-corrected chi connectivity index (χ0v) is 15.0. The van der Waals surface area contributed by atoms with Crippen molar-refractivity contribution in [3.8, 4) is 0 Å². The Morgan fingerprint density at radius 2 is 1.39 bits per heavy atom. The molecule has 1 nitrogen and oxygen atoms in total. The first kappa shape index (κ1) is 17.5. The molecule has 23 heavy (non-hydrogen) atoms. The summed E-state index contributed by atoms with van der Waals surface area (Å²) in [6, 6.07) is 17.9. The smallest absolute Gasteiger partial charge is 0.0752 e. The fraction of sp³-hybridized carbons (Fsp3) is 0.409. The Morgan fingerprint density at radius 3 is 1.91 bits per heavy atom. The average Bonchev–Trinajstić information content (AvgIpc) is 2.55. The van der Waals surface area contributed by atoms with Crippen molar-refractivity contribution in [1.82, 2.24) is 0 Å². The van der Waals surface area contributed by atoms with Gasteiger partial charge in [-0.05, 0) is 37.8 Å². The molecule has 0 aliphatic heterocycles. The Balaban J connectivity index is 2.35. The first-order chi connectivity index (χ1) is 11.1. The van der Waals surface area contributed by atoms with Gasteiger partial charge in [0.2, 0.25) is 0 Å². The minimum absolute atomic E-state index is 0.267. The van der Waals surface area contributed by atoms with Gasteiger partial charge in [0.1, 0.15) is 0 Å². The molecule has 0 N–H and O–H groups in total. The van der Waals surface area contributed by atoms with E-state index in [0.29, 0.717) is 0 Å². The van der Waals surface area contributed by atoms with Crippen LogP contribution in [0.1, 0.15) is 67.8 Å². The summed E-state index contributed by atoms with van der Waals surface area (Å²) >= 11 is 0. The van der Waals surface area contributed by atoms with Crippen molar-refractivity contribution in [1.29, 1.82) is 0 Å². The summed E-state index contributed by atoms with van der Waals surface area (Å²) in [5.41, 5.74) is 6.45. The maximum absolute atomic E-state index is 5.17. The second-order valence-electron chi connectivity index (χ2n) is 6.41. The zero-order chi connectivity index (χ0) is 16.7. The fourth-order valence-electron chi connectivity index (χ4n) is 2.82. The molecule has 0 radical (unpaired) electrons. The van der Waals surface area contributed by atoms with Crippen LogP contribution in [0.25, 0.3) is 0 Å². The Labute approximate surface area is 141 Å². The van der Waals surface area contributed by atoms with Gasteiger partial charge in [-0.3, -0.25) is 4.99 Å². The zero-order valence-electron chi connectivity index (χ0n) is 15.0. The van der Waals surface area contributed by atoms with Gasteiger partial charge in [-0.15, -0.1) is 0 Å². The lowest BCUT2D eigenvalue weighted by molar-refractivity contribution is 0.638. The van der Waals surface area contributed by atoms with E-state index in [0.717, 1.165) is 25.7 Å². The molecule has 0 aliphatic carbocycles. The predicted octanol–water partition coefficient (Wildman–Crippen LogP) is 6.43. The van der Waals surface area contributed by atoms with Crippen molar-refractivity contribution in [2.24, 2.45) is 4.99 Å². The molecule has 122 valence electrons. The van der Waals surface area contributed by atoms with E-state index >= 15 is 0 Å². The third kappa shape index (κ3) is 5.06. The number of hydrogen-bond donors (Lipinski definition) is 0. The van der Waals surface area contributed by atoms with Gasteiger partial charge < -0.3 is 0 Å². The van der Waals surface area contributed by atoms with E-state index in [9.17, 15) is 0 Å². The summed E-state index contributed by atoms with van der Waals surface area (Å²) in [4.78, 5) is 5.17. The average molecular weight is 307 g/mol. The van der Waals surface area contributed by atoms with Gasteiger partial charge >= 0.3 is 0 Å². The number of aryl methyl sites for hydroxylation is 2. The van der Waals surface area contributed by atoms with Crippen LogP contribution in [-0.4, -0.2) is 5.71 Å². The van der Waals surface area contributed by atoms with E-state index in [1.165, 1.54) is 28.0 Å². The highest BCUT2D eigenvalue weighted by atomic mass is 14.8. The lowest BCUT2D eigenvalue weighted by Gasteiger charge is -2.16. The maximum atomic E-state index is 5.17. The molecular formula is C22H29N. The minimum atomic E-state index is 0.267. The van der Waals surface area contributed by atoms with Crippen LogP contribution in [0.5, 0.6) is 0 Å². The van der Waals surface area contributed by atoms with Crippen LogP contribution in [0, 0.1) is 13.8 Å². The third-order valence-electron chi connectivity index (χ3n) is 4.21. The molecule has 0 aromatic heterocycles. The Hall–Kier alpha value is -1.89. The van der Waals surface area contributed by atoms with Gasteiger partial charge in [0.25, 0.3) is 0 Å². The molecule has 1 heteroatoms. The van der Waals surface area contributed by atoms with Crippen LogP contribution >= 0.6 is 0 Å². The van der Waals surface area contributed by atoms with Crippen molar-refractivity contribution in [3.05, 3.63) is 70.8 Å². The van der Waals surface area contributed by atoms with Gasteiger partial charge in [-0.1, -0.05) is 86.3 Å². The molecule has 0 saturated carbocycles. The normalized spacial score (nSPS) is 13.1. The molecule has 0 heterocycles. The van der Waals surface area contributed by atoms with E-state index < -0.39 is 0 Å². The first-order valence-electron chi connectivity index (χ1n) is 8.84. The highest BCUT2D eigenvalue weighted by Gasteiger charge is 2.12. The fourth-order valence-corrected chi connectivity index (χ4v) is 2.82. The summed E-state index contributed by atoms with van der Waals surface area (Å²) in [6.45, 7) is 8.73. The van der Waals surface area contributed by atoms with E-state index in [4.69, 9.17) is 4.99 Å². The summed E-state index contributed by atoms with van der Waals surface area (Å²) in [6.07, 6.45) is 4.41. The minimum Gasteiger partial charge on any atom is -0.281 e. The van der Waals surface area contributed by atoms with E-state index in [-0.39, 0.29) is 6.04 Å². The molecule has 0 amide bonds. The monoisotopic (exact) mass is 307 g/mol. The molecule has 1 unspecified atom stereocenters. The molecule has 2 aromatic rings. The summed E-state index contributed by atoms with van der Waals surface area (Å²) in [7, 11) is 0. The molecule has 0 bridgehead atoms. The van der Waals surface area contributed by atoms with Crippen LogP contribution in [-0.2, 0) is 0 Å². The first-order valence-corrected chi connectivity index (χ1v) is 8.84. The van der Waals surface area contributed by atoms with Gasteiger partial charge in [0, 0.05) is 5.71 Å². The maximum Gasteiger partial charge on any atom is 0.0752 e. The van der Waals surface area contributed by atoms with Crippen molar-refractivity contribution in [3.63, 3.8) is 0 Å². The summed E-state index contributed by atoms with van der Waals surface area (Å²) < 4.78 is 0. The lowest BCUT2D eigenvalue weighted by Crippen LogP contribution is -2.05. The van der Waals surface area contributed by atoms with Crippen molar-refractivity contribution < 1.29 is 0 Å². The van der Waals surface area contributed by atoms with Crippen LogP contribution in [0.4, 0.5) is 0 Å². The quantitative estimate of drug-likeness (QED) is 0.522. The van der Waals surface area contributed by atoms with Crippen molar-refractivity contribution in [2.75, 3.05) is 0 Å².